The number of nitrogens with zero attached hydrogens (tertiary/aromatic N) is 6. The molecule has 4 N–H and O–H groups in total. The summed E-state index contributed by atoms with van der Waals surface area (Å²) in [4.78, 5) is 7.86. The summed E-state index contributed by atoms with van der Waals surface area (Å²) < 4.78 is 62.3. The molecular formula is C24H25F4N7O3. The maximum Gasteiger partial charge on any atom is 0.419 e. The second-order valence-corrected chi connectivity index (χ2v) is 9.23. The molecule has 1 aliphatic rings. The smallest absolute Gasteiger partial charge is 0.419 e. The topological polar surface area (TPSA) is 137 Å². The zero-order chi connectivity index (χ0) is 27.0. The number of anilines is 1. The molecule has 1 aliphatic carbocycles. The third-order valence-corrected chi connectivity index (χ3v) is 6.56. The number of alkyl halides is 3. The first kappa shape index (κ1) is 25.9. The number of hydrogen-bond donors (Lipinski definition) is 3. The molecule has 1 atom stereocenters. The molecule has 1 saturated carbocycles. The second-order valence-electron chi connectivity index (χ2n) is 9.23. The van der Waals surface area contributed by atoms with Gasteiger partial charge in [0.1, 0.15) is 17.6 Å². The Balaban J connectivity index is 1.35. The van der Waals surface area contributed by atoms with Gasteiger partial charge >= 0.3 is 6.18 Å². The van der Waals surface area contributed by atoms with E-state index in [-0.39, 0.29) is 12.6 Å². The van der Waals surface area contributed by atoms with E-state index in [1.54, 1.807) is 24.7 Å². The van der Waals surface area contributed by atoms with E-state index >= 15 is 0 Å². The fraction of sp³-hybridized carbons (Fsp3) is 0.417. The molecule has 4 aromatic rings. The standard InChI is InChI=1S/C24H25F4N7O3/c25-21-18(24(26,27)28)5-6-30-23(21)38-16-3-1-14(2-4-16)35-19-7-20(29)31-9-17(19)22(33-35)13-8-32-34(10-13)11-15(37)12-36/h5-10,14-16,36-37H,1-4,11-12H2,(H2,29,31)/t14-,15-,16+/m0/s1. The minimum Gasteiger partial charge on any atom is -0.472 e. The molecule has 38 heavy (non-hydrogen) atoms. The van der Waals surface area contributed by atoms with E-state index in [9.17, 15) is 22.7 Å². The highest BCUT2D eigenvalue weighted by Gasteiger charge is 2.36. The van der Waals surface area contributed by atoms with Gasteiger partial charge in [-0.1, -0.05) is 0 Å². The van der Waals surface area contributed by atoms with Gasteiger partial charge < -0.3 is 20.7 Å². The van der Waals surface area contributed by atoms with Crippen molar-refractivity contribution in [3.05, 3.63) is 48.3 Å². The summed E-state index contributed by atoms with van der Waals surface area (Å²) in [7, 11) is 0. The summed E-state index contributed by atoms with van der Waals surface area (Å²) in [6.45, 7) is -0.273. The molecule has 10 nitrogen and oxygen atoms in total. The number of nitrogens with two attached hydrogens (primary N) is 1. The van der Waals surface area contributed by atoms with Crippen LogP contribution in [0, 0.1) is 5.82 Å². The van der Waals surface area contributed by atoms with Crippen molar-refractivity contribution >= 4 is 16.7 Å². The van der Waals surface area contributed by atoms with Gasteiger partial charge in [0, 0.05) is 35.6 Å². The molecule has 4 aromatic heterocycles. The van der Waals surface area contributed by atoms with E-state index in [0.29, 0.717) is 48.8 Å². The zero-order valence-electron chi connectivity index (χ0n) is 20.0. The molecule has 0 saturated heterocycles. The molecule has 0 spiro atoms. The van der Waals surface area contributed by atoms with Gasteiger partial charge in [-0.15, -0.1) is 0 Å². The predicted octanol–water partition coefficient (Wildman–Crippen LogP) is 3.35. The quantitative estimate of drug-likeness (QED) is 0.307. The van der Waals surface area contributed by atoms with Crippen LogP contribution >= 0.6 is 0 Å². The summed E-state index contributed by atoms with van der Waals surface area (Å²) in [5, 5.41) is 28.6. The van der Waals surface area contributed by atoms with Crippen molar-refractivity contribution in [1.82, 2.24) is 29.5 Å². The van der Waals surface area contributed by atoms with Crippen molar-refractivity contribution in [1.29, 1.82) is 0 Å². The van der Waals surface area contributed by atoms with Crippen molar-refractivity contribution in [2.45, 2.75) is 56.7 Å². The summed E-state index contributed by atoms with van der Waals surface area (Å²) >= 11 is 0. The lowest BCUT2D eigenvalue weighted by Crippen LogP contribution is -2.27. The molecule has 0 amide bonds. The van der Waals surface area contributed by atoms with E-state index in [2.05, 4.69) is 15.1 Å². The van der Waals surface area contributed by atoms with Crippen LogP contribution < -0.4 is 10.5 Å². The van der Waals surface area contributed by atoms with Crippen LogP contribution in [-0.4, -0.2) is 58.6 Å². The number of aliphatic hydroxyl groups excluding tert-OH is 2. The molecule has 14 heteroatoms. The highest BCUT2D eigenvalue weighted by molar-refractivity contribution is 5.93. The number of halogens is 4. The van der Waals surface area contributed by atoms with Crippen molar-refractivity contribution in [3.63, 3.8) is 0 Å². The lowest BCUT2D eigenvalue weighted by Gasteiger charge is -2.29. The first-order valence-electron chi connectivity index (χ1n) is 12.0. The Labute approximate surface area is 213 Å². The molecule has 1 fully saturated rings. The Hall–Kier alpha value is -3.78. The molecule has 0 bridgehead atoms. The summed E-state index contributed by atoms with van der Waals surface area (Å²) in [5.74, 6) is -1.85. The summed E-state index contributed by atoms with van der Waals surface area (Å²) in [5.41, 5.74) is 6.60. The molecule has 0 aromatic carbocycles. The first-order valence-corrected chi connectivity index (χ1v) is 12.0. The number of fused-ring (bicyclic) bond motifs is 1. The average molecular weight is 536 g/mol. The molecule has 5 rings (SSSR count). The lowest BCUT2D eigenvalue weighted by atomic mass is 9.93. The fourth-order valence-corrected chi connectivity index (χ4v) is 4.69. The van der Waals surface area contributed by atoms with E-state index in [4.69, 9.17) is 20.7 Å². The Morgan fingerprint density at radius 2 is 1.92 bits per heavy atom. The van der Waals surface area contributed by atoms with E-state index in [1.807, 2.05) is 4.68 Å². The minimum atomic E-state index is -4.84. The van der Waals surface area contributed by atoms with Gasteiger partial charge in [-0.05, 0) is 31.7 Å². The van der Waals surface area contributed by atoms with Gasteiger partial charge in [0.2, 0.25) is 0 Å². The predicted molar refractivity (Wildman–Crippen MR) is 127 cm³/mol. The molecule has 0 radical (unpaired) electrons. The molecular weight excluding hydrogens is 510 g/mol. The molecule has 202 valence electrons. The third-order valence-electron chi connectivity index (χ3n) is 6.56. The number of aromatic nitrogens is 6. The summed E-state index contributed by atoms with van der Waals surface area (Å²) in [6, 6.07) is 2.23. The van der Waals surface area contributed by atoms with Crippen LogP contribution in [-0.2, 0) is 12.7 Å². The van der Waals surface area contributed by atoms with E-state index in [1.165, 1.54) is 4.68 Å². The number of hydrogen-bond acceptors (Lipinski definition) is 8. The number of pyridine rings is 2. The monoisotopic (exact) mass is 535 g/mol. The zero-order valence-corrected chi connectivity index (χ0v) is 20.0. The van der Waals surface area contributed by atoms with Crippen molar-refractivity contribution < 1.29 is 32.5 Å². The SMILES string of the molecule is Nc1cc2c(cn1)c(-c1cnn(C[C@H](O)CO)c1)nn2[C@H]1CC[C@@H](Oc2nccc(C(F)(F)F)c2F)CC1. The van der Waals surface area contributed by atoms with Gasteiger partial charge in [0.05, 0.1) is 42.6 Å². The molecule has 0 unspecified atom stereocenters. The normalized spacial score (nSPS) is 19.1. The number of rotatable bonds is 7. The van der Waals surface area contributed by atoms with Crippen molar-refractivity contribution in [2.24, 2.45) is 0 Å². The van der Waals surface area contributed by atoms with Crippen LogP contribution in [0.2, 0.25) is 0 Å². The second kappa shape index (κ2) is 10.2. The van der Waals surface area contributed by atoms with Gasteiger partial charge in [0.25, 0.3) is 5.88 Å². The highest BCUT2D eigenvalue weighted by Crippen LogP contribution is 2.38. The average Bonchev–Trinajstić information content (AvgIpc) is 3.49. The lowest BCUT2D eigenvalue weighted by molar-refractivity contribution is -0.140. The minimum absolute atomic E-state index is 0.0709. The number of ether oxygens (including phenoxy) is 1. The van der Waals surface area contributed by atoms with Crippen LogP contribution in [0.1, 0.15) is 37.3 Å². The van der Waals surface area contributed by atoms with Gasteiger partial charge in [0.15, 0.2) is 5.82 Å². The Morgan fingerprint density at radius 1 is 1.16 bits per heavy atom. The Bertz CT molecular complexity index is 1430. The summed E-state index contributed by atoms with van der Waals surface area (Å²) in [6.07, 6.45) is 1.60. The first-order chi connectivity index (χ1) is 18.1. The Morgan fingerprint density at radius 3 is 2.63 bits per heavy atom. The van der Waals surface area contributed by atoms with Crippen molar-refractivity contribution in [2.75, 3.05) is 12.3 Å². The van der Waals surface area contributed by atoms with Gasteiger partial charge in [-0.2, -0.15) is 23.4 Å². The third kappa shape index (κ3) is 5.13. The van der Waals surface area contributed by atoms with Gasteiger partial charge in [-0.25, -0.2) is 14.4 Å². The van der Waals surface area contributed by atoms with Crippen LogP contribution in [0.4, 0.5) is 23.4 Å². The van der Waals surface area contributed by atoms with Crippen LogP contribution in [0.5, 0.6) is 5.88 Å². The highest BCUT2D eigenvalue weighted by atomic mass is 19.4. The Kier molecular flexibility index (Phi) is 6.92. The number of aliphatic hydroxyl groups is 2. The van der Waals surface area contributed by atoms with E-state index in [0.717, 1.165) is 17.1 Å². The fourth-order valence-electron chi connectivity index (χ4n) is 4.69. The van der Waals surface area contributed by atoms with Crippen LogP contribution in [0.15, 0.2) is 36.9 Å². The van der Waals surface area contributed by atoms with Crippen molar-refractivity contribution in [3.8, 4) is 17.1 Å². The molecule has 0 aliphatic heterocycles. The maximum absolute atomic E-state index is 14.4. The van der Waals surface area contributed by atoms with Crippen LogP contribution in [0.25, 0.3) is 22.2 Å². The maximum atomic E-state index is 14.4. The van der Waals surface area contributed by atoms with Gasteiger partial charge in [-0.3, -0.25) is 9.36 Å². The molecule has 4 heterocycles. The number of nitrogen functional groups attached to an aromatic ring is 1. The largest absolute Gasteiger partial charge is 0.472 e. The van der Waals surface area contributed by atoms with Crippen LogP contribution in [0.3, 0.4) is 0 Å². The van der Waals surface area contributed by atoms with E-state index < -0.39 is 42.3 Å².